The molecule has 6 nitrogen and oxygen atoms in total. The maximum absolute atomic E-state index is 10.7. The lowest BCUT2D eigenvalue weighted by molar-refractivity contribution is -0.390. The third-order valence-corrected chi connectivity index (χ3v) is 1.78. The highest BCUT2D eigenvalue weighted by Gasteiger charge is 2.16. The number of hydrogen-bond donors (Lipinski definition) is 0. The second-order valence-corrected chi connectivity index (χ2v) is 3.11. The lowest BCUT2D eigenvalue weighted by atomic mass is 10.3. The minimum atomic E-state index is -0.528. The standard InChI is InChI=1S/C8H11N3O3/c1-6-5-10(4-3-7(2)12)9-8(6)11(13)14/h5H,3-4H2,1-2H3. The zero-order valence-electron chi connectivity index (χ0n) is 8.06. The molecule has 0 amide bonds. The summed E-state index contributed by atoms with van der Waals surface area (Å²) >= 11 is 0. The normalized spacial score (nSPS) is 10.1. The van der Waals surface area contributed by atoms with E-state index < -0.39 is 4.92 Å². The fraction of sp³-hybridized carbons (Fsp3) is 0.500. The van der Waals surface area contributed by atoms with E-state index in [-0.39, 0.29) is 11.6 Å². The number of rotatable bonds is 4. The smallest absolute Gasteiger partial charge is 0.358 e. The van der Waals surface area contributed by atoms with Crippen LogP contribution in [0.1, 0.15) is 18.9 Å². The molecule has 0 unspecified atom stereocenters. The third-order valence-electron chi connectivity index (χ3n) is 1.78. The molecule has 0 aliphatic carbocycles. The van der Waals surface area contributed by atoms with Crippen molar-refractivity contribution in [3.05, 3.63) is 21.9 Å². The Morgan fingerprint density at radius 2 is 2.36 bits per heavy atom. The molecule has 0 aromatic carbocycles. The van der Waals surface area contributed by atoms with E-state index in [1.807, 2.05) is 0 Å². The number of nitro groups is 1. The molecule has 0 atom stereocenters. The molecule has 0 saturated heterocycles. The molecule has 1 heterocycles. The molecule has 14 heavy (non-hydrogen) atoms. The average molecular weight is 197 g/mol. The van der Waals surface area contributed by atoms with E-state index in [0.717, 1.165) is 0 Å². The van der Waals surface area contributed by atoms with Gasteiger partial charge in [-0.2, -0.15) is 4.68 Å². The van der Waals surface area contributed by atoms with Gasteiger partial charge < -0.3 is 10.1 Å². The van der Waals surface area contributed by atoms with Crippen molar-refractivity contribution in [2.24, 2.45) is 0 Å². The van der Waals surface area contributed by atoms with E-state index in [2.05, 4.69) is 5.10 Å². The Morgan fingerprint density at radius 3 is 2.79 bits per heavy atom. The van der Waals surface area contributed by atoms with Crippen LogP contribution in [0.15, 0.2) is 6.20 Å². The number of aromatic nitrogens is 2. The fourth-order valence-corrected chi connectivity index (χ4v) is 1.08. The molecule has 0 bridgehead atoms. The lowest BCUT2D eigenvalue weighted by Gasteiger charge is -1.91. The van der Waals surface area contributed by atoms with Gasteiger partial charge in [-0.05, 0) is 18.8 Å². The predicted octanol–water partition coefficient (Wildman–Crippen LogP) is 1.08. The van der Waals surface area contributed by atoms with Crippen LogP contribution in [0.4, 0.5) is 5.82 Å². The first kappa shape index (κ1) is 10.4. The Morgan fingerprint density at radius 1 is 1.71 bits per heavy atom. The molecule has 1 aromatic rings. The number of aryl methyl sites for hydroxylation is 2. The van der Waals surface area contributed by atoms with Gasteiger partial charge >= 0.3 is 5.82 Å². The van der Waals surface area contributed by atoms with Crippen molar-refractivity contribution in [2.75, 3.05) is 0 Å². The summed E-state index contributed by atoms with van der Waals surface area (Å²) in [4.78, 5) is 20.6. The first-order valence-electron chi connectivity index (χ1n) is 4.18. The summed E-state index contributed by atoms with van der Waals surface area (Å²) in [5, 5.41) is 14.2. The third kappa shape index (κ3) is 2.38. The van der Waals surface area contributed by atoms with Crippen molar-refractivity contribution in [3.8, 4) is 0 Å². The molecule has 6 heteroatoms. The number of Topliss-reactive ketones (excluding diaryl/α,β-unsaturated/α-hetero) is 1. The van der Waals surface area contributed by atoms with Crippen LogP contribution in [0.3, 0.4) is 0 Å². The zero-order valence-corrected chi connectivity index (χ0v) is 8.06. The van der Waals surface area contributed by atoms with Crippen LogP contribution in [0, 0.1) is 17.0 Å². The molecular formula is C8H11N3O3. The Balaban J connectivity index is 2.76. The van der Waals surface area contributed by atoms with Gasteiger partial charge in [-0.15, -0.1) is 0 Å². The predicted molar refractivity (Wildman–Crippen MR) is 48.9 cm³/mol. The molecule has 1 aromatic heterocycles. The Labute approximate surface area is 80.7 Å². The Kier molecular flexibility index (Phi) is 2.95. The summed E-state index contributed by atoms with van der Waals surface area (Å²) in [7, 11) is 0. The molecular weight excluding hydrogens is 186 g/mol. The van der Waals surface area contributed by atoms with Crippen molar-refractivity contribution in [3.63, 3.8) is 0 Å². The summed E-state index contributed by atoms with van der Waals surface area (Å²) < 4.78 is 1.43. The van der Waals surface area contributed by atoms with E-state index >= 15 is 0 Å². The van der Waals surface area contributed by atoms with Gasteiger partial charge in [0.25, 0.3) is 0 Å². The quantitative estimate of drug-likeness (QED) is 0.534. The number of ketones is 1. The lowest BCUT2D eigenvalue weighted by Crippen LogP contribution is -2.03. The number of hydrogen-bond acceptors (Lipinski definition) is 4. The second-order valence-electron chi connectivity index (χ2n) is 3.11. The summed E-state index contributed by atoms with van der Waals surface area (Å²) in [6.45, 7) is 3.49. The summed E-state index contributed by atoms with van der Waals surface area (Å²) in [6, 6.07) is 0. The molecule has 0 aliphatic heterocycles. The van der Waals surface area contributed by atoms with E-state index in [4.69, 9.17) is 0 Å². The van der Waals surface area contributed by atoms with E-state index in [1.54, 1.807) is 13.1 Å². The topological polar surface area (TPSA) is 78.0 Å². The van der Waals surface area contributed by atoms with Crippen LogP contribution < -0.4 is 0 Å². The molecule has 0 radical (unpaired) electrons. The van der Waals surface area contributed by atoms with Gasteiger partial charge in [-0.3, -0.25) is 4.79 Å². The Hall–Kier alpha value is -1.72. The van der Waals surface area contributed by atoms with Crippen molar-refractivity contribution in [1.82, 2.24) is 9.78 Å². The van der Waals surface area contributed by atoms with Gasteiger partial charge in [-0.1, -0.05) is 0 Å². The molecule has 1 rings (SSSR count). The van der Waals surface area contributed by atoms with E-state index in [0.29, 0.717) is 18.5 Å². The van der Waals surface area contributed by atoms with Crippen molar-refractivity contribution < 1.29 is 9.72 Å². The van der Waals surface area contributed by atoms with Gasteiger partial charge in [0.05, 0.1) is 23.4 Å². The van der Waals surface area contributed by atoms with Crippen LogP contribution in [-0.4, -0.2) is 20.5 Å². The first-order chi connectivity index (χ1) is 6.50. The van der Waals surface area contributed by atoms with E-state index in [1.165, 1.54) is 11.6 Å². The maximum atomic E-state index is 10.7. The van der Waals surface area contributed by atoms with Gasteiger partial charge in [-0.25, -0.2) is 0 Å². The van der Waals surface area contributed by atoms with Crippen molar-refractivity contribution in [1.29, 1.82) is 0 Å². The summed E-state index contributed by atoms with van der Waals surface area (Å²) in [6.07, 6.45) is 1.92. The van der Waals surface area contributed by atoms with Crippen LogP contribution in [0.2, 0.25) is 0 Å². The summed E-state index contributed by atoms with van der Waals surface area (Å²) in [5.41, 5.74) is 0.513. The number of carbonyl (C=O) groups is 1. The highest BCUT2D eigenvalue weighted by atomic mass is 16.6. The number of nitrogens with zero attached hydrogens (tertiary/aromatic N) is 3. The SMILES string of the molecule is CC(=O)CCn1cc(C)c([N+](=O)[O-])n1. The van der Waals surface area contributed by atoms with Gasteiger partial charge in [0, 0.05) is 6.42 Å². The van der Waals surface area contributed by atoms with Crippen LogP contribution in [0.5, 0.6) is 0 Å². The molecule has 0 spiro atoms. The maximum Gasteiger partial charge on any atom is 0.392 e. The van der Waals surface area contributed by atoms with Crippen molar-refractivity contribution >= 4 is 11.6 Å². The fourth-order valence-electron chi connectivity index (χ4n) is 1.08. The molecule has 0 N–H and O–H groups in total. The molecule has 0 saturated carbocycles. The zero-order chi connectivity index (χ0) is 10.7. The Bertz CT molecular complexity index is 370. The minimum absolute atomic E-state index is 0.0424. The number of carbonyl (C=O) groups excluding carboxylic acids is 1. The molecule has 0 fully saturated rings. The molecule has 76 valence electrons. The molecule has 0 aliphatic rings. The second kappa shape index (κ2) is 3.99. The van der Waals surface area contributed by atoms with Crippen LogP contribution >= 0.6 is 0 Å². The van der Waals surface area contributed by atoms with Gasteiger partial charge in [0.1, 0.15) is 5.78 Å². The van der Waals surface area contributed by atoms with Gasteiger partial charge in [0.2, 0.25) is 0 Å². The van der Waals surface area contributed by atoms with Crippen LogP contribution in [-0.2, 0) is 11.3 Å². The highest BCUT2D eigenvalue weighted by Crippen LogP contribution is 2.13. The van der Waals surface area contributed by atoms with E-state index in [9.17, 15) is 14.9 Å². The van der Waals surface area contributed by atoms with Gasteiger partial charge in [0.15, 0.2) is 0 Å². The average Bonchev–Trinajstić information content (AvgIpc) is 2.43. The van der Waals surface area contributed by atoms with Crippen LogP contribution in [0.25, 0.3) is 0 Å². The largest absolute Gasteiger partial charge is 0.392 e. The van der Waals surface area contributed by atoms with Crippen molar-refractivity contribution in [2.45, 2.75) is 26.8 Å². The highest BCUT2D eigenvalue weighted by molar-refractivity contribution is 5.75. The first-order valence-corrected chi connectivity index (χ1v) is 4.18. The minimum Gasteiger partial charge on any atom is -0.358 e. The summed E-state index contributed by atoms with van der Waals surface area (Å²) in [5.74, 6) is -0.102. The monoisotopic (exact) mass is 197 g/mol.